The lowest BCUT2D eigenvalue weighted by atomic mass is 9.53. The number of carbonyl (C=O) groups excluding carboxylic acids is 2. The zero-order valence-electron chi connectivity index (χ0n) is 23.2. The van der Waals surface area contributed by atoms with E-state index in [-0.39, 0.29) is 29.4 Å². The maximum absolute atomic E-state index is 13.6. The van der Waals surface area contributed by atoms with Gasteiger partial charge in [-0.3, -0.25) is 4.79 Å². The van der Waals surface area contributed by atoms with Crippen molar-refractivity contribution in [3.8, 4) is 5.69 Å². The number of nitrogens with zero attached hydrogens (tertiary/aromatic N) is 3. The highest BCUT2D eigenvalue weighted by atomic mass is 35.5. The van der Waals surface area contributed by atoms with Crippen molar-refractivity contribution in [2.75, 3.05) is 18.4 Å². The molecule has 38 heavy (non-hydrogen) atoms. The second kappa shape index (κ2) is 10.6. The molecule has 2 N–H and O–H groups in total. The highest BCUT2D eigenvalue weighted by molar-refractivity contribution is 6.32. The molecular weight excluding hydrogens is 498 g/mol. The fourth-order valence-corrected chi connectivity index (χ4v) is 7.39. The number of unbranched alkanes of at least 4 members (excludes halogenated alkanes) is 1. The predicted octanol–water partition coefficient (Wildman–Crippen LogP) is 6.54. The molecule has 4 aliphatic carbocycles. The van der Waals surface area contributed by atoms with Gasteiger partial charge in [-0.05, 0) is 74.8 Å². The third-order valence-corrected chi connectivity index (χ3v) is 8.96. The van der Waals surface area contributed by atoms with Crippen LogP contribution in [0.15, 0.2) is 30.3 Å². The van der Waals surface area contributed by atoms with Crippen molar-refractivity contribution in [2.45, 2.75) is 90.0 Å². The molecule has 2 aromatic rings. The topological polar surface area (TPSA) is 79.3 Å². The van der Waals surface area contributed by atoms with Gasteiger partial charge in [-0.1, -0.05) is 57.8 Å². The third kappa shape index (κ3) is 5.73. The Labute approximate surface area is 231 Å². The molecule has 7 nitrogen and oxygen atoms in total. The normalized spacial score (nSPS) is 25.9. The first-order valence-corrected chi connectivity index (χ1v) is 14.7. The van der Waals surface area contributed by atoms with Gasteiger partial charge >= 0.3 is 6.03 Å². The van der Waals surface area contributed by atoms with Gasteiger partial charge < -0.3 is 15.5 Å². The number of para-hydroxylation sites is 1. The van der Waals surface area contributed by atoms with Gasteiger partial charge in [0.1, 0.15) is 12.4 Å². The number of anilines is 1. The molecule has 4 fully saturated rings. The maximum Gasteiger partial charge on any atom is 0.318 e. The van der Waals surface area contributed by atoms with Crippen molar-refractivity contribution in [3.05, 3.63) is 41.0 Å². The van der Waals surface area contributed by atoms with Gasteiger partial charge in [-0.25, -0.2) is 9.48 Å². The van der Waals surface area contributed by atoms with Crippen LogP contribution in [0.1, 0.15) is 84.8 Å². The molecule has 6 rings (SSSR count). The standard InChI is InChI=1S/C30H42ClN5O2/c1-5-6-11-35(28(38)33-30-16-20-12-21(17-30)14-22(13-20)18-30)19-27(37)32-26-15-25(29(2,3)4)34-36(26)24-10-8-7-9-23(24)31/h7-10,15,20-22H,5-6,11-14,16-19H2,1-4H3,(H,32,37)(H,33,38). The number of carbonyl (C=O) groups is 2. The van der Waals surface area contributed by atoms with E-state index in [0.717, 1.165) is 55.6 Å². The fourth-order valence-electron chi connectivity index (χ4n) is 7.17. The lowest BCUT2D eigenvalue weighted by Crippen LogP contribution is -2.62. The Morgan fingerprint density at radius 1 is 1.11 bits per heavy atom. The number of amides is 3. The SMILES string of the molecule is CCCCN(CC(=O)Nc1cc(C(C)(C)C)nn1-c1ccccc1Cl)C(=O)NC12CC3CC(CC(C3)C1)C2. The predicted molar refractivity (Wildman–Crippen MR) is 152 cm³/mol. The number of benzene rings is 1. The molecule has 0 radical (unpaired) electrons. The van der Waals surface area contributed by atoms with Crippen LogP contribution in [0.25, 0.3) is 5.69 Å². The first kappa shape index (κ1) is 27.0. The zero-order chi connectivity index (χ0) is 27.1. The van der Waals surface area contributed by atoms with Crippen LogP contribution in [0.2, 0.25) is 5.02 Å². The van der Waals surface area contributed by atoms with Crippen LogP contribution in [0.5, 0.6) is 0 Å². The number of aromatic nitrogens is 2. The van der Waals surface area contributed by atoms with E-state index in [1.54, 1.807) is 9.58 Å². The van der Waals surface area contributed by atoms with Crippen LogP contribution < -0.4 is 10.6 Å². The lowest BCUT2D eigenvalue weighted by molar-refractivity contribution is -0.116. The minimum atomic E-state index is -0.240. The number of halogens is 1. The number of hydrogen-bond acceptors (Lipinski definition) is 3. The number of nitrogens with one attached hydrogen (secondary N) is 2. The highest BCUT2D eigenvalue weighted by Gasteiger charge is 2.51. The van der Waals surface area contributed by atoms with Gasteiger partial charge in [0, 0.05) is 23.6 Å². The Balaban J connectivity index is 1.32. The molecule has 8 heteroatoms. The zero-order valence-corrected chi connectivity index (χ0v) is 24.0. The monoisotopic (exact) mass is 539 g/mol. The van der Waals surface area contributed by atoms with E-state index < -0.39 is 0 Å². The van der Waals surface area contributed by atoms with Gasteiger partial charge in [0.25, 0.3) is 0 Å². The quantitative estimate of drug-likeness (QED) is 0.399. The van der Waals surface area contributed by atoms with Crippen molar-refractivity contribution in [1.29, 1.82) is 0 Å². The van der Waals surface area contributed by atoms with E-state index in [2.05, 4.69) is 38.3 Å². The summed E-state index contributed by atoms with van der Waals surface area (Å²) in [4.78, 5) is 28.7. The molecule has 0 atom stereocenters. The Kier molecular flexibility index (Phi) is 7.51. The van der Waals surface area contributed by atoms with Crippen LogP contribution >= 0.6 is 11.6 Å². The summed E-state index contributed by atoms with van der Waals surface area (Å²) in [7, 11) is 0. The largest absolute Gasteiger partial charge is 0.333 e. The maximum atomic E-state index is 13.6. The molecule has 4 aliphatic rings. The third-order valence-electron chi connectivity index (χ3n) is 8.64. The molecule has 206 valence electrons. The average Bonchev–Trinajstić information content (AvgIpc) is 3.24. The van der Waals surface area contributed by atoms with E-state index >= 15 is 0 Å². The van der Waals surface area contributed by atoms with E-state index in [9.17, 15) is 9.59 Å². The molecule has 0 aliphatic heterocycles. The van der Waals surface area contributed by atoms with E-state index in [4.69, 9.17) is 16.7 Å². The lowest BCUT2D eigenvalue weighted by Gasteiger charge is -2.57. The second-order valence-electron chi connectivity index (χ2n) is 13.0. The van der Waals surface area contributed by atoms with Crippen molar-refractivity contribution in [1.82, 2.24) is 20.0 Å². The van der Waals surface area contributed by atoms with Gasteiger partial charge in [0.05, 0.1) is 16.4 Å². The van der Waals surface area contributed by atoms with Gasteiger partial charge in [-0.15, -0.1) is 0 Å². The van der Waals surface area contributed by atoms with Crippen molar-refractivity contribution in [2.24, 2.45) is 17.8 Å². The number of urea groups is 1. The average molecular weight is 540 g/mol. The molecule has 0 saturated heterocycles. The molecule has 4 bridgehead atoms. The summed E-state index contributed by atoms with van der Waals surface area (Å²) in [5.41, 5.74) is 1.24. The van der Waals surface area contributed by atoms with Crippen molar-refractivity contribution >= 4 is 29.4 Å². The summed E-state index contributed by atoms with van der Waals surface area (Å²) in [5, 5.41) is 11.8. The number of hydrogen-bond donors (Lipinski definition) is 2. The molecule has 0 spiro atoms. The van der Waals surface area contributed by atoms with E-state index in [1.807, 2.05) is 30.3 Å². The van der Waals surface area contributed by atoms with Crippen LogP contribution in [0.4, 0.5) is 10.6 Å². The first-order valence-electron chi connectivity index (χ1n) is 14.3. The summed E-state index contributed by atoms with van der Waals surface area (Å²) in [6.07, 6.45) is 9.05. The molecule has 3 amide bonds. The Bertz CT molecular complexity index is 1150. The Morgan fingerprint density at radius 3 is 2.32 bits per heavy atom. The van der Waals surface area contributed by atoms with Crippen LogP contribution in [0, 0.1) is 17.8 Å². The molecular formula is C30H42ClN5O2. The molecule has 4 saturated carbocycles. The summed E-state index contributed by atoms with van der Waals surface area (Å²) in [5.74, 6) is 2.54. The molecule has 0 unspecified atom stereocenters. The fraction of sp³-hybridized carbons (Fsp3) is 0.633. The highest BCUT2D eigenvalue weighted by Crippen LogP contribution is 2.55. The summed E-state index contributed by atoms with van der Waals surface area (Å²) < 4.78 is 1.69. The van der Waals surface area contributed by atoms with E-state index in [1.165, 1.54) is 19.3 Å². The molecule has 1 heterocycles. The second-order valence-corrected chi connectivity index (χ2v) is 13.4. The van der Waals surface area contributed by atoms with Crippen LogP contribution in [-0.4, -0.2) is 45.2 Å². The van der Waals surface area contributed by atoms with E-state index in [0.29, 0.717) is 23.1 Å². The summed E-state index contributed by atoms with van der Waals surface area (Å²) in [6.45, 7) is 8.90. The van der Waals surface area contributed by atoms with Gasteiger partial charge in [0.2, 0.25) is 5.91 Å². The Hall–Kier alpha value is -2.54. The summed E-state index contributed by atoms with van der Waals surface area (Å²) >= 11 is 6.49. The Morgan fingerprint density at radius 2 is 1.74 bits per heavy atom. The first-order chi connectivity index (χ1) is 18.0. The van der Waals surface area contributed by atoms with Crippen molar-refractivity contribution < 1.29 is 9.59 Å². The van der Waals surface area contributed by atoms with Crippen molar-refractivity contribution in [3.63, 3.8) is 0 Å². The van der Waals surface area contributed by atoms with Gasteiger partial charge in [0.15, 0.2) is 0 Å². The van der Waals surface area contributed by atoms with Crippen LogP contribution in [0.3, 0.4) is 0 Å². The smallest absolute Gasteiger partial charge is 0.318 e. The molecule has 1 aromatic carbocycles. The summed E-state index contributed by atoms with van der Waals surface area (Å²) in [6, 6.07) is 9.24. The van der Waals surface area contributed by atoms with Crippen LogP contribution in [-0.2, 0) is 10.2 Å². The minimum absolute atomic E-state index is 0.00322. The number of rotatable bonds is 8. The minimum Gasteiger partial charge on any atom is -0.333 e. The van der Waals surface area contributed by atoms with Gasteiger partial charge in [-0.2, -0.15) is 5.10 Å². The molecule has 1 aromatic heterocycles.